The number of unbranched alkanes of at least 4 members (excludes halogenated alkanes) is 1. The van der Waals surface area contributed by atoms with Gasteiger partial charge in [-0.3, -0.25) is 9.10 Å². The standard InChI is InChI=1S/C17H28N2O3S/c1-5-6-11-18-17(20)8-7-12-19(23(4,21)22)16-13-14(2)9-10-15(16)3/h9-10,13H,5-8,11-12H2,1-4H3,(H,18,20). The number of benzene rings is 1. The summed E-state index contributed by atoms with van der Waals surface area (Å²) >= 11 is 0. The molecular formula is C17H28N2O3S. The molecule has 0 saturated carbocycles. The van der Waals surface area contributed by atoms with E-state index in [0.29, 0.717) is 31.6 Å². The van der Waals surface area contributed by atoms with E-state index in [2.05, 4.69) is 12.2 Å². The van der Waals surface area contributed by atoms with E-state index in [1.54, 1.807) is 0 Å². The van der Waals surface area contributed by atoms with E-state index < -0.39 is 10.0 Å². The number of sulfonamides is 1. The van der Waals surface area contributed by atoms with E-state index in [-0.39, 0.29) is 5.91 Å². The Morgan fingerprint density at radius 2 is 1.91 bits per heavy atom. The molecule has 0 aliphatic heterocycles. The lowest BCUT2D eigenvalue weighted by Crippen LogP contribution is -2.32. The molecule has 0 radical (unpaired) electrons. The molecule has 0 aromatic heterocycles. The average molecular weight is 340 g/mol. The largest absolute Gasteiger partial charge is 0.356 e. The predicted octanol–water partition coefficient (Wildman–Crippen LogP) is 2.77. The van der Waals surface area contributed by atoms with Crippen molar-refractivity contribution in [1.29, 1.82) is 0 Å². The maximum Gasteiger partial charge on any atom is 0.232 e. The lowest BCUT2D eigenvalue weighted by atomic mass is 10.1. The van der Waals surface area contributed by atoms with Gasteiger partial charge in [0.2, 0.25) is 15.9 Å². The molecule has 0 aliphatic rings. The Balaban J connectivity index is 2.71. The summed E-state index contributed by atoms with van der Waals surface area (Å²) in [6, 6.07) is 5.75. The molecule has 5 nitrogen and oxygen atoms in total. The fraction of sp³-hybridized carbons (Fsp3) is 0.588. The van der Waals surface area contributed by atoms with Gasteiger partial charge in [-0.05, 0) is 43.9 Å². The summed E-state index contributed by atoms with van der Waals surface area (Å²) in [7, 11) is -3.37. The van der Waals surface area contributed by atoms with Crippen molar-refractivity contribution < 1.29 is 13.2 Å². The molecule has 130 valence electrons. The summed E-state index contributed by atoms with van der Waals surface area (Å²) in [5, 5.41) is 2.85. The summed E-state index contributed by atoms with van der Waals surface area (Å²) in [4.78, 5) is 11.7. The molecule has 0 unspecified atom stereocenters. The van der Waals surface area contributed by atoms with Crippen molar-refractivity contribution in [1.82, 2.24) is 5.32 Å². The van der Waals surface area contributed by atoms with Crippen molar-refractivity contribution in [2.24, 2.45) is 0 Å². The van der Waals surface area contributed by atoms with Crippen LogP contribution in [0.1, 0.15) is 43.7 Å². The fourth-order valence-corrected chi connectivity index (χ4v) is 3.34. The van der Waals surface area contributed by atoms with Crippen LogP contribution in [-0.2, 0) is 14.8 Å². The molecule has 0 atom stereocenters. The number of nitrogens with zero attached hydrogens (tertiary/aromatic N) is 1. The SMILES string of the molecule is CCCCNC(=O)CCCN(c1cc(C)ccc1C)S(C)(=O)=O. The van der Waals surface area contributed by atoms with E-state index in [0.717, 1.165) is 24.0 Å². The van der Waals surface area contributed by atoms with Crippen molar-refractivity contribution in [3.63, 3.8) is 0 Å². The average Bonchev–Trinajstić information content (AvgIpc) is 2.45. The van der Waals surface area contributed by atoms with Gasteiger partial charge in [-0.1, -0.05) is 25.5 Å². The highest BCUT2D eigenvalue weighted by Crippen LogP contribution is 2.24. The highest BCUT2D eigenvalue weighted by molar-refractivity contribution is 7.92. The number of hydrogen-bond donors (Lipinski definition) is 1. The van der Waals surface area contributed by atoms with Crippen molar-refractivity contribution in [2.75, 3.05) is 23.7 Å². The maximum atomic E-state index is 12.1. The Hall–Kier alpha value is -1.56. The van der Waals surface area contributed by atoms with Crippen LogP contribution in [0.25, 0.3) is 0 Å². The van der Waals surface area contributed by atoms with Crippen LogP contribution < -0.4 is 9.62 Å². The minimum Gasteiger partial charge on any atom is -0.356 e. The Morgan fingerprint density at radius 1 is 1.22 bits per heavy atom. The lowest BCUT2D eigenvalue weighted by Gasteiger charge is -2.24. The highest BCUT2D eigenvalue weighted by atomic mass is 32.2. The Kier molecular flexibility index (Phi) is 7.55. The third kappa shape index (κ3) is 6.60. The first-order valence-electron chi connectivity index (χ1n) is 8.07. The number of carbonyl (C=O) groups is 1. The zero-order valence-electron chi connectivity index (χ0n) is 14.6. The molecule has 0 spiro atoms. The Morgan fingerprint density at radius 3 is 2.52 bits per heavy atom. The Labute approximate surface area is 140 Å². The summed E-state index contributed by atoms with van der Waals surface area (Å²) in [6.45, 7) is 6.89. The smallest absolute Gasteiger partial charge is 0.232 e. The van der Waals surface area contributed by atoms with Gasteiger partial charge in [0.15, 0.2) is 0 Å². The molecule has 1 aromatic rings. The van der Waals surface area contributed by atoms with Gasteiger partial charge in [0.1, 0.15) is 0 Å². The van der Waals surface area contributed by atoms with E-state index >= 15 is 0 Å². The number of hydrogen-bond acceptors (Lipinski definition) is 3. The normalized spacial score (nSPS) is 11.3. The van der Waals surface area contributed by atoms with E-state index in [4.69, 9.17) is 0 Å². The van der Waals surface area contributed by atoms with Crippen molar-refractivity contribution in [3.05, 3.63) is 29.3 Å². The van der Waals surface area contributed by atoms with Crippen LogP contribution in [-0.4, -0.2) is 33.7 Å². The fourth-order valence-electron chi connectivity index (χ4n) is 2.33. The first-order chi connectivity index (χ1) is 10.8. The number of carbonyl (C=O) groups excluding carboxylic acids is 1. The van der Waals surface area contributed by atoms with E-state index in [1.807, 2.05) is 32.0 Å². The van der Waals surface area contributed by atoms with Gasteiger partial charge in [0.25, 0.3) is 0 Å². The van der Waals surface area contributed by atoms with Crippen LogP contribution in [0.5, 0.6) is 0 Å². The van der Waals surface area contributed by atoms with E-state index in [9.17, 15) is 13.2 Å². The summed E-state index contributed by atoms with van der Waals surface area (Å²) in [6.07, 6.45) is 4.04. The van der Waals surface area contributed by atoms with Crippen LogP contribution in [0.2, 0.25) is 0 Å². The molecule has 0 bridgehead atoms. The van der Waals surface area contributed by atoms with Gasteiger partial charge in [-0.25, -0.2) is 8.42 Å². The lowest BCUT2D eigenvalue weighted by molar-refractivity contribution is -0.121. The minimum atomic E-state index is -3.37. The van der Waals surface area contributed by atoms with Gasteiger partial charge in [0, 0.05) is 19.5 Å². The second-order valence-corrected chi connectivity index (χ2v) is 7.84. The molecule has 6 heteroatoms. The van der Waals surface area contributed by atoms with Crippen LogP contribution in [0.15, 0.2) is 18.2 Å². The third-order valence-corrected chi connectivity index (χ3v) is 4.83. The first kappa shape index (κ1) is 19.5. The predicted molar refractivity (Wildman–Crippen MR) is 95.3 cm³/mol. The quantitative estimate of drug-likeness (QED) is 0.703. The van der Waals surface area contributed by atoms with Gasteiger partial charge < -0.3 is 5.32 Å². The van der Waals surface area contributed by atoms with E-state index in [1.165, 1.54) is 10.6 Å². The van der Waals surface area contributed by atoms with Gasteiger partial charge in [-0.15, -0.1) is 0 Å². The molecule has 1 aromatic carbocycles. The number of nitrogens with one attached hydrogen (secondary N) is 1. The van der Waals surface area contributed by atoms with Gasteiger partial charge in [-0.2, -0.15) is 0 Å². The van der Waals surface area contributed by atoms with Crippen molar-refractivity contribution >= 4 is 21.6 Å². The molecule has 23 heavy (non-hydrogen) atoms. The molecule has 0 fully saturated rings. The molecular weight excluding hydrogens is 312 g/mol. The third-order valence-electron chi connectivity index (χ3n) is 3.65. The summed E-state index contributed by atoms with van der Waals surface area (Å²) in [5.41, 5.74) is 2.61. The second-order valence-electron chi connectivity index (χ2n) is 5.93. The molecule has 0 aliphatic carbocycles. The van der Waals surface area contributed by atoms with Gasteiger partial charge >= 0.3 is 0 Å². The van der Waals surface area contributed by atoms with Gasteiger partial charge in [0.05, 0.1) is 11.9 Å². The van der Waals surface area contributed by atoms with Crippen molar-refractivity contribution in [2.45, 2.75) is 46.5 Å². The number of aryl methyl sites for hydroxylation is 2. The highest BCUT2D eigenvalue weighted by Gasteiger charge is 2.19. The van der Waals surface area contributed by atoms with Crippen molar-refractivity contribution in [3.8, 4) is 0 Å². The molecule has 1 rings (SSSR count). The zero-order valence-corrected chi connectivity index (χ0v) is 15.4. The molecule has 0 heterocycles. The molecule has 1 N–H and O–H groups in total. The second kappa shape index (κ2) is 8.91. The van der Waals surface area contributed by atoms with Crippen LogP contribution >= 0.6 is 0 Å². The topological polar surface area (TPSA) is 66.5 Å². The van der Waals surface area contributed by atoms with Crippen LogP contribution in [0.3, 0.4) is 0 Å². The maximum absolute atomic E-state index is 12.1. The monoisotopic (exact) mass is 340 g/mol. The molecule has 1 amide bonds. The minimum absolute atomic E-state index is 0.0205. The number of amides is 1. The zero-order chi connectivity index (χ0) is 17.5. The summed E-state index contributed by atoms with van der Waals surface area (Å²) in [5.74, 6) is -0.0205. The Bertz CT molecular complexity index is 627. The summed E-state index contributed by atoms with van der Waals surface area (Å²) < 4.78 is 25.6. The number of anilines is 1. The number of rotatable bonds is 9. The van der Waals surface area contributed by atoms with Crippen LogP contribution in [0, 0.1) is 13.8 Å². The van der Waals surface area contributed by atoms with Crippen LogP contribution in [0.4, 0.5) is 5.69 Å². The first-order valence-corrected chi connectivity index (χ1v) is 9.92. The molecule has 0 saturated heterocycles.